The molecule has 5 nitrogen and oxygen atoms in total. The number of hydrogen-bond donors (Lipinski definition) is 1. The number of fused-ring (bicyclic) bond motifs is 2. The lowest BCUT2D eigenvalue weighted by atomic mass is 9.97. The number of nitrogens with one attached hydrogen (secondary N) is 1. The number of aryl methyl sites for hydroxylation is 1. The fourth-order valence-electron chi connectivity index (χ4n) is 2.85. The molecule has 0 atom stereocenters. The molecule has 0 unspecified atom stereocenters. The normalized spacial score (nSPS) is 13.9. The summed E-state index contributed by atoms with van der Waals surface area (Å²) in [5.41, 5.74) is 5.37. The standard InChI is InChI=1S/C18H15N3O2/c1-11-8-15-16(20-5-4-19-15)10-13(11)12-2-3-17-14(9-12)18(22)21-6-7-23-17/h2-5,8-10H,6-7H2,1H3,(H,21,22). The molecule has 2 aromatic carbocycles. The largest absolute Gasteiger partial charge is 0.491 e. The summed E-state index contributed by atoms with van der Waals surface area (Å²) in [6.45, 7) is 3.04. The minimum Gasteiger partial charge on any atom is -0.491 e. The predicted molar refractivity (Wildman–Crippen MR) is 87.5 cm³/mol. The van der Waals surface area contributed by atoms with Crippen molar-refractivity contribution >= 4 is 16.9 Å². The van der Waals surface area contributed by atoms with Gasteiger partial charge in [-0.15, -0.1) is 0 Å². The highest BCUT2D eigenvalue weighted by molar-refractivity contribution is 5.99. The molecule has 1 aliphatic rings. The van der Waals surface area contributed by atoms with Gasteiger partial charge in [0.2, 0.25) is 0 Å². The first kappa shape index (κ1) is 13.7. The summed E-state index contributed by atoms with van der Waals surface area (Å²) in [6, 6.07) is 9.73. The molecule has 0 aliphatic carbocycles. The Bertz CT molecular complexity index is 921. The van der Waals surface area contributed by atoms with Crippen LogP contribution in [0, 0.1) is 6.92 Å². The molecule has 23 heavy (non-hydrogen) atoms. The fraction of sp³-hybridized carbons (Fsp3) is 0.167. The lowest BCUT2D eigenvalue weighted by Gasteiger charge is -2.11. The van der Waals surface area contributed by atoms with Crippen LogP contribution in [0.1, 0.15) is 15.9 Å². The van der Waals surface area contributed by atoms with Gasteiger partial charge in [-0.25, -0.2) is 0 Å². The molecule has 0 fully saturated rings. The van der Waals surface area contributed by atoms with Crippen molar-refractivity contribution in [3.05, 3.63) is 53.9 Å². The second-order valence-corrected chi connectivity index (χ2v) is 5.53. The predicted octanol–water partition coefficient (Wildman–Crippen LogP) is 2.73. The van der Waals surface area contributed by atoms with E-state index in [-0.39, 0.29) is 5.91 Å². The van der Waals surface area contributed by atoms with E-state index in [1.807, 2.05) is 37.3 Å². The molecule has 1 amide bonds. The third-order valence-electron chi connectivity index (χ3n) is 4.00. The van der Waals surface area contributed by atoms with E-state index in [2.05, 4.69) is 15.3 Å². The average Bonchev–Trinajstić information content (AvgIpc) is 2.76. The van der Waals surface area contributed by atoms with Crippen LogP contribution in [-0.4, -0.2) is 29.0 Å². The van der Waals surface area contributed by atoms with Crippen LogP contribution in [-0.2, 0) is 0 Å². The molecular weight excluding hydrogens is 290 g/mol. The third kappa shape index (κ3) is 2.40. The van der Waals surface area contributed by atoms with Crippen molar-refractivity contribution in [1.29, 1.82) is 0 Å². The smallest absolute Gasteiger partial charge is 0.255 e. The summed E-state index contributed by atoms with van der Waals surface area (Å²) in [5.74, 6) is 0.527. The lowest BCUT2D eigenvalue weighted by molar-refractivity contribution is 0.0957. The van der Waals surface area contributed by atoms with E-state index in [1.165, 1.54) is 0 Å². The van der Waals surface area contributed by atoms with Gasteiger partial charge in [-0.3, -0.25) is 14.8 Å². The second-order valence-electron chi connectivity index (χ2n) is 5.53. The Labute approximate surface area is 133 Å². The van der Waals surface area contributed by atoms with E-state index in [0.29, 0.717) is 24.5 Å². The van der Waals surface area contributed by atoms with Crippen LogP contribution in [0.5, 0.6) is 5.75 Å². The molecule has 0 bridgehead atoms. The summed E-state index contributed by atoms with van der Waals surface area (Å²) in [6.07, 6.45) is 3.37. The van der Waals surface area contributed by atoms with E-state index in [4.69, 9.17) is 4.74 Å². The Morgan fingerprint density at radius 3 is 2.65 bits per heavy atom. The molecule has 114 valence electrons. The Hall–Kier alpha value is -2.95. The molecule has 1 aliphatic heterocycles. The molecule has 1 N–H and O–H groups in total. The van der Waals surface area contributed by atoms with E-state index in [0.717, 1.165) is 27.7 Å². The van der Waals surface area contributed by atoms with Gasteiger partial charge in [0.25, 0.3) is 5.91 Å². The highest BCUT2D eigenvalue weighted by Crippen LogP contribution is 2.31. The van der Waals surface area contributed by atoms with E-state index >= 15 is 0 Å². The number of carbonyl (C=O) groups excluding carboxylic acids is 1. The zero-order chi connectivity index (χ0) is 15.8. The Kier molecular flexibility index (Phi) is 3.19. The zero-order valence-corrected chi connectivity index (χ0v) is 12.7. The lowest BCUT2D eigenvalue weighted by Crippen LogP contribution is -2.24. The van der Waals surface area contributed by atoms with Gasteiger partial charge in [0.1, 0.15) is 12.4 Å². The van der Waals surface area contributed by atoms with Gasteiger partial charge >= 0.3 is 0 Å². The highest BCUT2D eigenvalue weighted by atomic mass is 16.5. The maximum Gasteiger partial charge on any atom is 0.255 e. The van der Waals surface area contributed by atoms with Crippen molar-refractivity contribution in [2.24, 2.45) is 0 Å². The van der Waals surface area contributed by atoms with Crippen LogP contribution in [0.25, 0.3) is 22.2 Å². The topological polar surface area (TPSA) is 64.1 Å². The number of benzene rings is 2. The number of amides is 1. The van der Waals surface area contributed by atoms with Crippen molar-refractivity contribution in [1.82, 2.24) is 15.3 Å². The maximum atomic E-state index is 12.2. The molecule has 0 radical (unpaired) electrons. The first-order chi connectivity index (χ1) is 11.2. The molecule has 1 aromatic heterocycles. The molecule has 0 spiro atoms. The minimum atomic E-state index is -0.0995. The quantitative estimate of drug-likeness (QED) is 0.751. The number of nitrogens with zero attached hydrogens (tertiary/aromatic N) is 2. The molecule has 3 aromatic rings. The van der Waals surface area contributed by atoms with Crippen LogP contribution in [0.2, 0.25) is 0 Å². The van der Waals surface area contributed by atoms with Crippen LogP contribution >= 0.6 is 0 Å². The van der Waals surface area contributed by atoms with E-state index in [1.54, 1.807) is 12.4 Å². The van der Waals surface area contributed by atoms with Gasteiger partial charge in [0, 0.05) is 12.4 Å². The van der Waals surface area contributed by atoms with Crippen LogP contribution in [0.4, 0.5) is 0 Å². The Morgan fingerprint density at radius 2 is 1.83 bits per heavy atom. The molecule has 0 saturated carbocycles. The number of hydrogen-bond acceptors (Lipinski definition) is 4. The first-order valence-corrected chi connectivity index (χ1v) is 7.49. The van der Waals surface area contributed by atoms with Crippen molar-refractivity contribution < 1.29 is 9.53 Å². The Balaban J connectivity index is 1.88. The van der Waals surface area contributed by atoms with Gasteiger partial charge in [-0.2, -0.15) is 0 Å². The fourth-order valence-corrected chi connectivity index (χ4v) is 2.85. The third-order valence-corrected chi connectivity index (χ3v) is 4.00. The summed E-state index contributed by atoms with van der Waals surface area (Å²) >= 11 is 0. The van der Waals surface area contributed by atoms with Crippen LogP contribution in [0.3, 0.4) is 0 Å². The maximum absolute atomic E-state index is 12.2. The molecule has 0 saturated heterocycles. The van der Waals surface area contributed by atoms with Crippen LogP contribution in [0.15, 0.2) is 42.7 Å². The molecule has 4 rings (SSSR count). The summed E-state index contributed by atoms with van der Waals surface area (Å²) in [7, 11) is 0. The summed E-state index contributed by atoms with van der Waals surface area (Å²) < 4.78 is 5.60. The number of ether oxygens (including phenoxy) is 1. The number of rotatable bonds is 1. The van der Waals surface area contributed by atoms with Gasteiger partial charge < -0.3 is 10.1 Å². The highest BCUT2D eigenvalue weighted by Gasteiger charge is 2.17. The van der Waals surface area contributed by atoms with E-state index in [9.17, 15) is 4.79 Å². The molecule has 2 heterocycles. The van der Waals surface area contributed by atoms with Crippen molar-refractivity contribution in [3.8, 4) is 16.9 Å². The van der Waals surface area contributed by atoms with Crippen molar-refractivity contribution in [2.75, 3.05) is 13.2 Å². The Morgan fingerprint density at radius 1 is 1.04 bits per heavy atom. The first-order valence-electron chi connectivity index (χ1n) is 7.49. The minimum absolute atomic E-state index is 0.0995. The SMILES string of the molecule is Cc1cc2nccnc2cc1-c1ccc2c(c1)C(=O)NCCO2. The number of aromatic nitrogens is 2. The van der Waals surface area contributed by atoms with Crippen LogP contribution < -0.4 is 10.1 Å². The monoisotopic (exact) mass is 305 g/mol. The van der Waals surface area contributed by atoms with Gasteiger partial charge in [-0.05, 0) is 47.9 Å². The van der Waals surface area contributed by atoms with E-state index < -0.39 is 0 Å². The van der Waals surface area contributed by atoms with Gasteiger partial charge in [0.15, 0.2) is 0 Å². The van der Waals surface area contributed by atoms with Crippen molar-refractivity contribution in [3.63, 3.8) is 0 Å². The van der Waals surface area contributed by atoms with Gasteiger partial charge in [-0.1, -0.05) is 6.07 Å². The summed E-state index contributed by atoms with van der Waals surface area (Å²) in [4.78, 5) is 20.9. The number of carbonyl (C=O) groups is 1. The summed E-state index contributed by atoms with van der Waals surface area (Å²) in [5, 5.41) is 2.84. The molecular formula is C18H15N3O2. The average molecular weight is 305 g/mol. The van der Waals surface area contributed by atoms with Crippen molar-refractivity contribution in [2.45, 2.75) is 6.92 Å². The van der Waals surface area contributed by atoms with Gasteiger partial charge in [0.05, 0.1) is 23.1 Å². The zero-order valence-electron chi connectivity index (χ0n) is 12.7. The second kappa shape index (κ2) is 5.35. The molecule has 5 heteroatoms.